The third-order valence-corrected chi connectivity index (χ3v) is 2.93. The summed E-state index contributed by atoms with van der Waals surface area (Å²) in [4.78, 5) is 12.0. The minimum atomic E-state index is -0.916. The van der Waals surface area contributed by atoms with Gasteiger partial charge in [-0.1, -0.05) is 17.7 Å². The Bertz CT molecular complexity index is 396. The van der Waals surface area contributed by atoms with Crippen LogP contribution in [-0.4, -0.2) is 18.0 Å². The van der Waals surface area contributed by atoms with Gasteiger partial charge in [0, 0.05) is 23.6 Å². The molecular weight excluding hydrogens is 243 g/mol. The molecule has 0 unspecified atom stereocenters. The van der Waals surface area contributed by atoms with Crippen LogP contribution in [0.2, 0.25) is 5.02 Å². The van der Waals surface area contributed by atoms with Gasteiger partial charge < -0.3 is 4.74 Å². The van der Waals surface area contributed by atoms with E-state index in [9.17, 15) is 9.18 Å². The van der Waals surface area contributed by atoms with Crippen LogP contribution in [0.1, 0.15) is 26.3 Å². The fourth-order valence-corrected chi connectivity index (χ4v) is 1.75. The number of carbonyl (C=O) groups excluding carboxylic acids is 1. The topological polar surface area (TPSA) is 26.3 Å². The third-order valence-electron chi connectivity index (χ3n) is 2.58. The maximum atomic E-state index is 13.5. The van der Waals surface area contributed by atoms with Crippen molar-refractivity contribution in [1.82, 2.24) is 0 Å². The van der Waals surface area contributed by atoms with Gasteiger partial charge in [0.1, 0.15) is 11.4 Å². The first-order chi connectivity index (χ1) is 7.88. The zero-order valence-corrected chi connectivity index (χ0v) is 11.0. The number of halogens is 2. The lowest BCUT2D eigenvalue weighted by Gasteiger charge is -2.23. The molecule has 0 aliphatic rings. The Kier molecular flexibility index (Phi) is 4.66. The Morgan fingerprint density at radius 2 is 2.12 bits per heavy atom. The highest BCUT2D eigenvalue weighted by Crippen LogP contribution is 2.22. The van der Waals surface area contributed by atoms with Gasteiger partial charge in [0.2, 0.25) is 0 Å². The minimum Gasteiger partial charge on any atom is -0.368 e. The maximum absolute atomic E-state index is 13.5. The molecule has 0 atom stereocenters. The van der Waals surface area contributed by atoms with E-state index in [-0.39, 0.29) is 22.8 Å². The van der Waals surface area contributed by atoms with Crippen molar-refractivity contribution in [2.24, 2.45) is 0 Å². The summed E-state index contributed by atoms with van der Waals surface area (Å²) < 4.78 is 18.8. The minimum absolute atomic E-state index is 0.0570. The van der Waals surface area contributed by atoms with Crippen LogP contribution in [0.3, 0.4) is 0 Å². The summed E-state index contributed by atoms with van der Waals surface area (Å²) in [5.41, 5.74) is -0.688. The van der Waals surface area contributed by atoms with Crippen LogP contribution in [-0.2, 0) is 16.0 Å². The molecule has 0 radical (unpaired) electrons. The van der Waals surface area contributed by atoms with E-state index in [2.05, 4.69) is 0 Å². The number of hydrogen-bond donors (Lipinski definition) is 0. The molecule has 0 aliphatic carbocycles. The molecule has 0 aromatic heterocycles. The predicted octanol–water partition coefficient (Wildman–Crippen LogP) is 3.41. The number of Topliss-reactive ketones (excluding diaryl/α,β-unsaturated/α-hetero) is 1. The quantitative estimate of drug-likeness (QED) is 0.809. The van der Waals surface area contributed by atoms with Gasteiger partial charge in [0.05, 0.1) is 0 Å². The summed E-state index contributed by atoms with van der Waals surface area (Å²) in [6.07, 6.45) is -0.0570. The third kappa shape index (κ3) is 3.51. The monoisotopic (exact) mass is 258 g/mol. The summed E-state index contributed by atoms with van der Waals surface area (Å²) >= 11 is 5.87. The number of carbonyl (C=O) groups is 1. The lowest BCUT2D eigenvalue weighted by atomic mass is 9.96. The molecule has 0 saturated heterocycles. The maximum Gasteiger partial charge on any atom is 0.168 e. The summed E-state index contributed by atoms with van der Waals surface area (Å²) in [7, 11) is 0. The fraction of sp³-hybridized carbons (Fsp3) is 0.462. The van der Waals surface area contributed by atoms with Crippen LogP contribution in [0.15, 0.2) is 18.2 Å². The van der Waals surface area contributed by atoms with E-state index in [0.29, 0.717) is 6.61 Å². The Morgan fingerprint density at radius 1 is 1.47 bits per heavy atom. The fourth-order valence-electron chi connectivity index (χ4n) is 1.52. The molecule has 0 spiro atoms. The predicted molar refractivity (Wildman–Crippen MR) is 65.8 cm³/mol. The van der Waals surface area contributed by atoms with Gasteiger partial charge in [0.25, 0.3) is 0 Å². The van der Waals surface area contributed by atoms with Crippen molar-refractivity contribution < 1.29 is 13.9 Å². The van der Waals surface area contributed by atoms with Gasteiger partial charge in [-0.3, -0.25) is 4.79 Å². The molecule has 4 heteroatoms. The van der Waals surface area contributed by atoms with Gasteiger partial charge in [0.15, 0.2) is 5.78 Å². The van der Waals surface area contributed by atoms with Crippen molar-refractivity contribution in [3.8, 4) is 0 Å². The smallest absolute Gasteiger partial charge is 0.168 e. The van der Waals surface area contributed by atoms with Crippen LogP contribution in [0.25, 0.3) is 0 Å². The average molecular weight is 259 g/mol. The van der Waals surface area contributed by atoms with E-state index in [1.54, 1.807) is 19.9 Å². The number of ketones is 1. The molecule has 17 heavy (non-hydrogen) atoms. The van der Waals surface area contributed by atoms with Crippen LogP contribution < -0.4 is 0 Å². The molecule has 1 aromatic carbocycles. The molecule has 94 valence electrons. The highest BCUT2D eigenvalue weighted by atomic mass is 35.5. The van der Waals surface area contributed by atoms with Crippen LogP contribution >= 0.6 is 11.6 Å². The lowest BCUT2D eigenvalue weighted by molar-refractivity contribution is -0.139. The van der Waals surface area contributed by atoms with Crippen LogP contribution in [0, 0.1) is 5.82 Å². The van der Waals surface area contributed by atoms with Gasteiger partial charge in [-0.25, -0.2) is 4.39 Å². The van der Waals surface area contributed by atoms with Gasteiger partial charge in [-0.2, -0.15) is 0 Å². The lowest BCUT2D eigenvalue weighted by Crippen LogP contribution is -2.36. The van der Waals surface area contributed by atoms with Gasteiger partial charge in [-0.15, -0.1) is 0 Å². The molecule has 0 fully saturated rings. The zero-order chi connectivity index (χ0) is 13.1. The van der Waals surface area contributed by atoms with E-state index >= 15 is 0 Å². The second-order valence-corrected chi connectivity index (χ2v) is 4.65. The summed E-state index contributed by atoms with van der Waals surface area (Å²) in [5, 5.41) is 0.269. The van der Waals surface area contributed by atoms with E-state index in [4.69, 9.17) is 16.3 Å². The van der Waals surface area contributed by atoms with E-state index in [1.807, 2.05) is 6.92 Å². The Morgan fingerprint density at radius 3 is 2.65 bits per heavy atom. The second-order valence-electron chi connectivity index (χ2n) is 4.24. The average Bonchev–Trinajstić information content (AvgIpc) is 2.23. The largest absolute Gasteiger partial charge is 0.368 e. The zero-order valence-electron chi connectivity index (χ0n) is 10.2. The van der Waals surface area contributed by atoms with Crippen molar-refractivity contribution in [3.05, 3.63) is 34.6 Å². The molecule has 0 aliphatic heterocycles. The molecule has 0 amide bonds. The molecule has 0 N–H and O–H groups in total. The van der Waals surface area contributed by atoms with E-state index in [1.165, 1.54) is 12.1 Å². The SMILES string of the molecule is CCOC(C)(C)C(=O)Cc1c(F)cccc1Cl. The number of benzene rings is 1. The molecule has 0 saturated carbocycles. The second kappa shape index (κ2) is 5.61. The van der Waals surface area contributed by atoms with Crippen LogP contribution in [0.5, 0.6) is 0 Å². The first kappa shape index (κ1) is 14.1. The highest BCUT2D eigenvalue weighted by Gasteiger charge is 2.28. The molecule has 1 aromatic rings. The van der Waals surface area contributed by atoms with Crippen molar-refractivity contribution in [1.29, 1.82) is 0 Å². The highest BCUT2D eigenvalue weighted by molar-refractivity contribution is 6.31. The summed E-state index contributed by atoms with van der Waals surface area (Å²) in [5.74, 6) is -0.649. The Balaban J connectivity index is 2.88. The standard InChI is InChI=1S/C13H16ClFO2/c1-4-17-13(2,3)12(16)8-9-10(14)6-5-7-11(9)15/h5-7H,4,8H2,1-3H3. The Labute approximate surface area is 106 Å². The number of rotatable bonds is 5. The molecule has 1 rings (SSSR count). The van der Waals surface area contributed by atoms with Crippen molar-refractivity contribution in [3.63, 3.8) is 0 Å². The summed E-state index contributed by atoms with van der Waals surface area (Å²) in [6.45, 7) is 5.59. The number of ether oxygens (including phenoxy) is 1. The van der Waals surface area contributed by atoms with Crippen LogP contribution in [0.4, 0.5) is 4.39 Å². The van der Waals surface area contributed by atoms with Crippen molar-refractivity contribution in [2.75, 3.05) is 6.61 Å². The van der Waals surface area contributed by atoms with Gasteiger partial charge >= 0.3 is 0 Å². The first-order valence-corrected chi connectivity index (χ1v) is 5.86. The van der Waals surface area contributed by atoms with Crippen molar-refractivity contribution >= 4 is 17.4 Å². The van der Waals surface area contributed by atoms with Gasteiger partial charge in [-0.05, 0) is 32.9 Å². The van der Waals surface area contributed by atoms with Crippen molar-refractivity contribution in [2.45, 2.75) is 32.8 Å². The normalized spacial score (nSPS) is 11.6. The van der Waals surface area contributed by atoms with E-state index < -0.39 is 11.4 Å². The summed E-state index contributed by atoms with van der Waals surface area (Å²) in [6, 6.07) is 4.38. The molecular formula is C13H16ClFO2. The molecule has 0 bridgehead atoms. The first-order valence-electron chi connectivity index (χ1n) is 5.48. The Hall–Kier alpha value is -0.930. The number of hydrogen-bond acceptors (Lipinski definition) is 2. The molecule has 0 heterocycles. The van der Waals surface area contributed by atoms with E-state index in [0.717, 1.165) is 0 Å². The molecule has 2 nitrogen and oxygen atoms in total.